The van der Waals surface area contributed by atoms with Crippen molar-refractivity contribution in [1.82, 2.24) is 19.5 Å². The lowest BCUT2D eigenvalue weighted by molar-refractivity contribution is -0.113. The molecule has 5 rings (SSSR count). The van der Waals surface area contributed by atoms with Gasteiger partial charge in [-0.05, 0) is 61.2 Å². The number of aryl methyl sites for hydroxylation is 2. The van der Waals surface area contributed by atoms with Gasteiger partial charge in [-0.3, -0.25) is 4.79 Å². The number of rotatable bonds is 6. The van der Waals surface area contributed by atoms with Crippen LogP contribution in [-0.4, -0.2) is 39.6 Å². The van der Waals surface area contributed by atoms with Gasteiger partial charge in [-0.15, -0.1) is 0 Å². The van der Waals surface area contributed by atoms with E-state index >= 15 is 0 Å². The fourth-order valence-electron chi connectivity index (χ4n) is 4.64. The first kappa shape index (κ1) is 26.3. The smallest absolute Gasteiger partial charge is 0.302 e. The molecular weight excluding hydrogens is 504 g/mol. The molecule has 0 atom stereocenters. The number of hydrogen-bond acceptors (Lipinski definition) is 7. The molecule has 0 unspecified atom stereocenters. The third-order valence-electron chi connectivity index (χ3n) is 6.59. The monoisotopic (exact) mass is 532 g/mol. The van der Waals surface area contributed by atoms with Crippen LogP contribution in [0.3, 0.4) is 0 Å². The quantitative estimate of drug-likeness (QED) is 0.293. The number of pyridine rings is 1. The molecule has 2 N–H and O–H groups in total. The molecule has 0 aliphatic heterocycles. The lowest BCUT2D eigenvalue weighted by Gasteiger charge is -2.16. The number of fused-ring (bicyclic) bond motifs is 1. The van der Waals surface area contributed by atoms with E-state index in [1.807, 2.05) is 73.1 Å². The van der Waals surface area contributed by atoms with Crippen molar-refractivity contribution in [1.29, 1.82) is 0 Å². The average molecular weight is 533 g/mol. The highest BCUT2D eigenvalue weighted by Gasteiger charge is 2.23. The number of carbonyl (C=O) groups excluding carboxylic acids is 1. The summed E-state index contributed by atoms with van der Waals surface area (Å²) in [6.07, 6.45) is 1.45. The Balaban J connectivity index is 1.64. The van der Waals surface area contributed by atoms with Gasteiger partial charge in [0.15, 0.2) is 11.5 Å². The van der Waals surface area contributed by atoms with Crippen LogP contribution < -0.4 is 20.1 Å². The van der Waals surface area contributed by atoms with Gasteiger partial charge in [-0.25, -0.2) is 15.0 Å². The minimum atomic E-state index is -0.279. The van der Waals surface area contributed by atoms with Gasteiger partial charge in [0, 0.05) is 37.1 Å². The summed E-state index contributed by atoms with van der Waals surface area (Å²) in [5.74, 6) is 6.84. The Morgan fingerprint density at radius 1 is 1.02 bits per heavy atom. The molecule has 0 radical (unpaired) electrons. The van der Waals surface area contributed by atoms with Crippen LogP contribution >= 0.6 is 0 Å². The Labute approximate surface area is 232 Å². The van der Waals surface area contributed by atoms with Crippen molar-refractivity contribution >= 4 is 28.4 Å². The van der Waals surface area contributed by atoms with Gasteiger partial charge in [-0.2, -0.15) is 0 Å². The van der Waals surface area contributed by atoms with Crippen molar-refractivity contribution in [3.8, 4) is 51.6 Å². The number of amides is 1. The molecule has 1 amide bonds. The summed E-state index contributed by atoms with van der Waals surface area (Å²) in [6.45, 7) is 3.54. The first-order valence-corrected chi connectivity index (χ1v) is 12.5. The van der Waals surface area contributed by atoms with E-state index in [-0.39, 0.29) is 5.91 Å². The average Bonchev–Trinajstić information content (AvgIpc) is 3.26. The van der Waals surface area contributed by atoms with Crippen molar-refractivity contribution in [2.24, 2.45) is 7.05 Å². The Morgan fingerprint density at radius 2 is 1.77 bits per heavy atom. The van der Waals surface area contributed by atoms with E-state index in [0.29, 0.717) is 28.8 Å². The largest absolute Gasteiger partial charge is 0.493 e. The Bertz CT molecular complexity index is 1800. The molecule has 5 aromatic rings. The zero-order chi connectivity index (χ0) is 28.4. The maximum Gasteiger partial charge on any atom is 0.302 e. The second-order valence-corrected chi connectivity index (χ2v) is 9.11. The summed E-state index contributed by atoms with van der Waals surface area (Å²) in [6, 6.07) is 19.0. The Hall–Kier alpha value is -5.36. The number of nitrogens with two attached hydrogens (primary N) is 1. The van der Waals surface area contributed by atoms with Gasteiger partial charge in [-0.1, -0.05) is 30.2 Å². The fourth-order valence-corrected chi connectivity index (χ4v) is 4.64. The van der Waals surface area contributed by atoms with Crippen LogP contribution in [0.2, 0.25) is 0 Å². The lowest BCUT2D eigenvalue weighted by atomic mass is 9.98. The molecule has 0 saturated carbocycles. The summed E-state index contributed by atoms with van der Waals surface area (Å²) in [4.78, 5) is 27.0. The first-order chi connectivity index (χ1) is 19.3. The molecule has 3 aromatic heterocycles. The van der Waals surface area contributed by atoms with Crippen LogP contribution in [0.1, 0.15) is 12.6 Å². The molecule has 9 nitrogen and oxygen atoms in total. The minimum absolute atomic E-state index is 0.279. The van der Waals surface area contributed by atoms with Crippen LogP contribution in [0, 0.1) is 18.8 Å². The van der Waals surface area contributed by atoms with E-state index in [1.54, 1.807) is 27.1 Å². The van der Waals surface area contributed by atoms with Gasteiger partial charge < -0.3 is 24.7 Å². The van der Waals surface area contributed by atoms with Crippen molar-refractivity contribution in [2.75, 3.05) is 24.8 Å². The van der Waals surface area contributed by atoms with Gasteiger partial charge in [0.1, 0.15) is 17.8 Å². The third-order valence-corrected chi connectivity index (χ3v) is 6.59. The van der Waals surface area contributed by atoms with Crippen LogP contribution in [0.15, 0.2) is 67.0 Å². The highest BCUT2D eigenvalue weighted by molar-refractivity contribution is 6.08. The van der Waals surface area contributed by atoms with E-state index in [4.69, 9.17) is 15.2 Å². The topological polar surface area (TPSA) is 108 Å². The van der Waals surface area contributed by atoms with E-state index in [9.17, 15) is 4.79 Å². The number of benzene rings is 2. The van der Waals surface area contributed by atoms with E-state index in [0.717, 1.165) is 39.2 Å². The number of nitrogens with zero attached hydrogens (tertiary/aromatic N) is 5. The summed E-state index contributed by atoms with van der Waals surface area (Å²) in [5.41, 5.74) is 12.2. The molecular formula is C31H28N6O3. The second kappa shape index (κ2) is 10.8. The molecule has 0 bridgehead atoms. The molecule has 0 aliphatic carbocycles. The van der Waals surface area contributed by atoms with Crippen LogP contribution in [0.4, 0.5) is 11.5 Å². The molecule has 9 heteroatoms. The molecule has 200 valence electrons. The minimum Gasteiger partial charge on any atom is -0.493 e. The maximum absolute atomic E-state index is 12.3. The standard InChI is InChI=1S/C31H28N6O3/c1-6-8-26(38)36(3)22-14-11-20(12-15-22)29-27(28-30(32)33-18-34-31(28)37(29)4)21-13-16-23(24(17-21)39-5)40-25-10-7-9-19(2)35-25/h7,9-18H,1-5H3,(H2,32,33,34). The fraction of sp³-hybridized carbons (Fsp3) is 0.161. The zero-order valence-corrected chi connectivity index (χ0v) is 22.9. The normalized spacial score (nSPS) is 10.6. The van der Waals surface area contributed by atoms with Crippen LogP contribution in [0.25, 0.3) is 33.4 Å². The van der Waals surface area contributed by atoms with Crippen LogP contribution in [0.5, 0.6) is 17.4 Å². The molecule has 0 aliphatic rings. The molecule has 0 fully saturated rings. The Morgan fingerprint density at radius 3 is 2.48 bits per heavy atom. The Kier molecular flexibility index (Phi) is 7.08. The highest BCUT2D eigenvalue weighted by atomic mass is 16.5. The van der Waals surface area contributed by atoms with Crippen LogP contribution in [-0.2, 0) is 11.8 Å². The van der Waals surface area contributed by atoms with Crippen molar-refractivity contribution in [2.45, 2.75) is 13.8 Å². The maximum atomic E-state index is 12.3. The van der Waals surface area contributed by atoms with Crippen molar-refractivity contribution in [3.63, 3.8) is 0 Å². The molecule has 0 spiro atoms. The molecule has 2 aromatic carbocycles. The highest BCUT2D eigenvalue weighted by Crippen LogP contribution is 2.44. The third kappa shape index (κ3) is 4.78. The van der Waals surface area contributed by atoms with E-state index in [2.05, 4.69) is 26.8 Å². The SMILES string of the molecule is CC#CC(=O)N(C)c1ccc(-c2c(-c3ccc(Oc4cccc(C)n4)c(OC)c3)c3c(N)ncnc3n2C)cc1. The molecule has 40 heavy (non-hydrogen) atoms. The van der Waals surface area contributed by atoms with Crippen molar-refractivity contribution in [3.05, 3.63) is 72.7 Å². The van der Waals surface area contributed by atoms with Gasteiger partial charge in [0.25, 0.3) is 0 Å². The number of anilines is 2. The van der Waals surface area contributed by atoms with Gasteiger partial charge >= 0.3 is 5.91 Å². The number of methoxy groups -OCH3 is 1. The number of ether oxygens (including phenoxy) is 2. The second-order valence-electron chi connectivity index (χ2n) is 9.11. The van der Waals surface area contributed by atoms with Gasteiger partial charge in [0.05, 0.1) is 18.2 Å². The lowest BCUT2D eigenvalue weighted by Crippen LogP contribution is -2.24. The number of carbonyl (C=O) groups is 1. The number of nitrogen functional groups attached to an aromatic ring is 1. The zero-order valence-electron chi connectivity index (χ0n) is 22.9. The van der Waals surface area contributed by atoms with Crippen molar-refractivity contribution < 1.29 is 14.3 Å². The molecule has 0 saturated heterocycles. The predicted molar refractivity (Wildman–Crippen MR) is 156 cm³/mol. The summed E-state index contributed by atoms with van der Waals surface area (Å²) in [5, 5.41) is 0.727. The number of hydrogen-bond donors (Lipinski definition) is 1. The van der Waals surface area contributed by atoms with E-state index < -0.39 is 0 Å². The number of aromatic nitrogens is 4. The predicted octanol–water partition coefficient (Wildman–Crippen LogP) is 5.37. The summed E-state index contributed by atoms with van der Waals surface area (Å²) >= 11 is 0. The first-order valence-electron chi connectivity index (χ1n) is 12.5. The summed E-state index contributed by atoms with van der Waals surface area (Å²) < 4.78 is 13.8. The summed E-state index contributed by atoms with van der Waals surface area (Å²) in [7, 11) is 5.23. The van der Waals surface area contributed by atoms with E-state index in [1.165, 1.54) is 11.2 Å². The van der Waals surface area contributed by atoms with Gasteiger partial charge in [0.2, 0.25) is 5.88 Å². The molecule has 3 heterocycles.